The Morgan fingerprint density at radius 3 is 2.48 bits per heavy atom. The number of aromatic nitrogens is 2. The lowest BCUT2D eigenvalue weighted by Crippen LogP contribution is -2.38. The van der Waals surface area contributed by atoms with Crippen molar-refractivity contribution in [2.24, 2.45) is 0 Å². The first-order chi connectivity index (χ1) is 12.2. The molecule has 0 aliphatic rings. The SMILES string of the molecule is CCO[Si](C)(CCCOCc1nccn1Cc1ccccc1)OCC. The molecule has 0 bridgehead atoms. The summed E-state index contributed by atoms with van der Waals surface area (Å²) in [6, 6.07) is 11.3. The number of hydrogen-bond donors (Lipinski definition) is 0. The van der Waals surface area contributed by atoms with Crippen LogP contribution in [0.1, 0.15) is 31.7 Å². The summed E-state index contributed by atoms with van der Waals surface area (Å²) in [5.41, 5.74) is 1.26. The number of ether oxygens (including phenoxy) is 1. The van der Waals surface area contributed by atoms with E-state index >= 15 is 0 Å². The van der Waals surface area contributed by atoms with Crippen molar-refractivity contribution in [2.45, 2.75) is 46.0 Å². The van der Waals surface area contributed by atoms with Crippen molar-refractivity contribution in [2.75, 3.05) is 19.8 Å². The van der Waals surface area contributed by atoms with E-state index in [1.807, 2.05) is 32.3 Å². The maximum absolute atomic E-state index is 5.85. The second-order valence-corrected chi connectivity index (χ2v) is 9.46. The molecule has 0 aliphatic carbocycles. The van der Waals surface area contributed by atoms with E-state index in [1.165, 1.54) is 5.56 Å². The molecule has 1 aromatic heterocycles. The number of hydrogen-bond acceptors (Lipinski definition) is 4. The Morgan fingerprint density at radius 1 is 1.08 bits per heavy atom. The van der Waals surface area contributed by atoms with Gasteiger partial charge in [-0.05, 0) is 38.4 Å². The molecule has 0 fully saturated rings. The van der Waals surface area contributed by atoms with Crippen molar-refractivity contribution >= 4 is 8.56 Å². The molecule has 2 aromatic rings. The zero-order chi connectivity index (χ0) is 18.0. The molecule has 0 saturated carbocycles. The second-order valence-electron chi connectivity index (χ2n) is 6.11. The summed E-state index contributed by atoms with van der Waals surface area (Å²) in [4.78, 5) is 4.41. The van der Waals surface area contributed by atoms with Crippen molar-refractivity contribution in [3.05, 3.63) is 54.1 Å². The zero-order valence-corrected chi connectivity index (χ0v) is 16.6. The van der Waals surface area contributed by atoms with E-state index in [-0.39, 0.29) is 0 Å². The van der Waals surface area contributed by atoms with Crippen LogP contribution in [0.2, 0.25) is 12.6 Å². The molecule has 1 aromatic carbocycles. The molecule has 0 N–H and O–H groups in total. The van der Waals surface area contributed by atoms with E-state index in [9.17, 15) is 0 Å². The first-order valence-corrected chi connectivity index (χ1v) is 11.6. The minimum atomic E-state index is -2.03. The van der Waals surface area contributed by atoms with Gasteiger partial charge in [0.05, 0.1) is 0 Å². The molecule has 0 aliphatic heterocycles. The fraction of sp³-hybridized carbons (Fsp3) is 0.526. The Hall–Kier alpha value is -1.47. The summed E-state index contributed by atoms with van der Waals surface area (Å²) in [5.74, 6) is 0.957. The molecular weight excluding hydrogens is 332 g/mol. The molecule has 0 spiro atoms. The molecule has 6 heteroatoms. The highest BCUT2D eigenvalue weighted by Gasteiger charge is 2.29. The predicted molar refractivity (Wildman–Crippen MR) is 102 cm³/mol. The number of benzene rings is 1. The maximum Gasteiger partial charge on any atom is 0.334 e. The highest BCUT2D eigenvalue weighted by molar-refractivity contribution is 6.66. The quantitative estimate of drug-likeness (QED) is 0.423. The molecule has 2 rings (SSSR count). The van der Waals surface area contributed by atoms with Gasteiger partial charge in [0.1, 0.15) is 12.4 Å². The molecule has 25 heavy (non-hydrogen) atoms. The van der Waals surface area contributed by atoms with Gasteiger partial charge in [0.25, 0.3) is 0 Å². The van der Waals surface area contributed by atoms with Crippen molar-refractivity contribution in [3.63, 3.8) is 0 Å². The van der Waals surface area contributed by atoms with E-state index in [1.54, 1.807) is 0 Å². The van der Waals surface area contributed by atoms with Gasteiger partial charge in [-0.3, -0.25) is 0 Å². The van der Waals surface area contributed by atoms with Crippen LogP contribution in [0.25, 0.3) is 0 Å². The standard InChI is InChI=1S/C19H30N2O3Si/c1-4-23-25(3,24-5-2)15-9-14-22-17-19-20-12-13-21(19)16-18-10-7-6-8-11-18/h6-8,10-13H,4-5,9,14-17H2,1-3H3. The third-order valence-corrected chi connectivity index (χ3v) is 7.11. The van der Waals surface area contributed by atoms with Gasteiger partial charge in [0.2, 0.25) is 0 Å². The number of rotatable bonds is 12. The first kappa shape index (κ1) is 19.8. The van der Waals surface area contributed by atoms with Gasteiger partial charge in [-0.2, -0.15) is 0 Å². The van der Waals surface area contributed by atoms with Crippen LogP contribution < -0.4 is 0 Å². The Balaban J connectivity index is 1.74. The van der Waals surface area contributed by atoms with Crippen LogP contribution in [0, 0.1) is 0 Å². The van der Waals surface area contributed by atoms with Crippen LogP contribution in [-0.2, 0) is 26.7 Å². The van der Waals surface area contributed by atoms with Crippen LogP contribution in [0.4, 0.5) is 0 Å². The molecule has 0 unspecified atom stereocenters. The Kier molecular flexibility index (Phi) is 8.34. The van der Waals surface area contributed by atoms with Crippen molar-refractivity contribution in [3.8, 4) is 0 Å². The fourth-order valence-corrected chi connectivity index (χ4v) is 5.24. The second kappa shape index (κ2) is 10.5. The molecule has 1 heterocycles. The van der Waals surface area contributed by atoms with Crippen molar-refractivity contribution in [1.82, 2.24) is 9.55 Å². The van der Waals surface area contributed by atoms with E-state index in [0.717, 1.165) is 24.8 Å². The highest BCUT2D eigenvalue weighted by atomic mass is 28.4. The summed E-state index contributed by atoms with van der Waals surface area (Å²) in [7, 11) is -2.03. The third-order valence-electron chi connectivity index (χ3n) is 4.05. The normalized spacial score (nSPS) is 11.8. The number of nitrogens with zero attached hydrogens (tertiary/aromatic N) is 2. The average Bonchev–Trinajstić information content (AvgIpc) is 3.03. The van der Waals surface area contributed by atoms with Crippen molar-refractivity contribution in [1.29, 1.82) is 0 Å². The first-order valence-electron chi connectivity index (χ1n) is 9.06. The van der Waals surface area contributed by atoms with Gasteiger partial charge in [0, 0.05) is 38.8 Å². The molecule has 0 saturated heterocycles. The lowest BCUT2D eigenvalue weighted by atomic mass is 10.2. The molecular formula is C19H30N2O3Si. The van der Waals surface area contributed by atoms with Gasteiger partial charge in [0.15, 0.2) is 0 Å². The predicted octanol–water partition coefficient (Wildman–Crippen LogP) is 3.98. The van der Waals surface area contributed by atoms with E-state index < -0.39 is 8.56 Å². The molecule has 0 radical (unpaired) electrons. The van der Waals surface area contributed by atoms with Crippen molar-refractivity contribution < 1.29 is 13.6 Å². The highest BCUT2D eigenvalue weighted by Crippen LogP contribution is 2.16. The Morgan fingerprint density at radius 2 is 1.80 bits per heavy atom. The summed E-state index contributed by atoms with van der Waals surface area (Å²) >= 11 is 0. The topological polar surface area (TPSA) is 45.5 Å². The largest absolute Gasteiger partial charge is 0.395 e. The van der Waals surface area contributed by atoms with Crippen LogP contribution in [0.3, 0.4) is 0 Å². The molecule has 0 amide bonds. The molecule has 138 valence electrons. The fourth-order valence-electron chi connectivity index (χ4n) is 2.86. The minimum absolute atomic E-state index is 0.529. The lowest BCUT2D eigenvalue weighted by molar-refractivity contribution is 0.110. The van der Waals surface area contributed by atoms with Crippen LogP contribution in [0.15, 0.2) is 42.7 Å². The summed E-state index contributed by atoms with van der Waals surface area (Å²) in [6.45, 7) is 9.63. The minimum Gasteiger partial charge on any atom is -0.395 e. The van der Waals surface area contributed by atoms with Crippen LogP contribution >= 0.6 is 0 Å². The summed E-state index contributed by atoms with van der Waals surface area (Å²) in [5, 5.41) is 0. The zero-order valence-electron chi connectivity index (χ0n) is 15.6. The maximum atomic E-state index is 5.85. The molecule has 5 nitrogen and oxygen atoms in total. The van der Waals surface area contributed by atoms with Crippen LogP contribution in [0.5, 0.6) is 0 Å². The molecule has 0 atom stereocenters. The average molecular weight is 363 g/mol. The Bertz CT molecular complexity index is 598. The summed E-state index contributed by atoms with van der Waals surface area (Å²) in [6.07, 6.45) is 4.78. The third kappa shape index (κ3) is 6.74. The van der Waals surface area contributed by atoms with E-state index in [2.05, 4.69) is 40.4 Å². The van der Waals surface area contributed by atoms with E-state index in [0.29, 0.717) is 26.4 Å². The van der Waals surface area contributed by atoms with Gasteiger partial charge in [-0.25, -0.2) is 4.98 Å². The Labute approximate surface area is 152 Å². The summed E-state index contributed by atoms with van der Waals surface area (Å²) < 4.78 is 19.7. The smallest absolute Gasteiger partial charge is 0.334 e. The lowest BCUT2D eigenvalue weighted by Gasteiger charge is -2.25. The van der Waals surface area contributed by atoms with Gasteiger partial charge in [-0.1, -0.05) is 30.3 Å². The van der Waals surface area contributed by atoms with Crippen LogP contribution in [-0.4, -0.2) is 37.9 Å². The van der Waals surface area contributed by atoms with Gasteiger partial charge < -0.3 is 18.2 Å². The monoisotopic (exact) mass is 362 g/mol. The van der Waals surface area contributed by atoms with E-state index in [4.69, 9.17) is 13.6 Å². The van der Waals surface area contributed by atoms with Gasteiger partial charge in [-0.15, -0.1) is 0 Å². The van der Waals surface area contributed by atoms with Gasteiger partial charge >= 0.3 is 8.56 Å². The number of imidazole rings is 1.